The van der Waals surface area contributed by atoms with Crippen LogP contribution in [0.3, 0.4) is 0 Å². The highest BCUT2D eigenvalue weighted by Gasteiger charge is 2.25. The van der Waals surface area contributed by atoms with E-state index in [0.29, 0.717) is 45.5 Å². The summed E-state index contributed by atoms with van der Waals surface area (Å²) in [6.07, 6.45) is 0. The number of nitrogens with zero attached hydrogens (tertiary/aromatic N) is 4. The quantitative estimate of drug-likeness (QED) is 0.0905. The van der Waals surface area contributed by atoms with E-state index in [1.54, 1.807) is 72.8 Å². The van der Waals surface area contributed by atoms with Crippen LogP contribution >= 0.6 is 23.2 Å². The molecule has 0 aliphatic carbocycles. The summed E-state index contributed by atoms with van der Waals surface area (Å²) in [4.78, 5) is 50.6. The van der Waals surface area contributed by atoms with Gasteiger partial charge in [0.2, 0.25) is 12.1 Å². The Hall–Kier alpha value is -5.86. The zero-order chi connectivity index (χ0) is 37.9. The van der Waals surface area contributed by atoms with E-state index in [1.165, 1.54) is 42.3 Å². The monoisotopic (exact) mass is 748 g/mol. The molecule has 4 rings (SSSR count). The minimum Gasteiger partial charge on any atom is -0.497 e. The summed E-state index contributed by atoms with van der Waals surface area (Å²) in [5.41, 5.74) is 2.40. The van der Waals surface area contributed by atoms with E-state index < -0.39 is 35.5 Å². The summed E-state index contributed by atoms with van der Waals surface area (Å²) >= 11 is 13.0. The van der Waals surface area contributed by atoms with Crippen LogP contribution in [0.5, 0.6) is 23.0 Å². The highest BCUT2D eigenvalue weighted by Crippen LogP contribution is 2.35. The number of carbonyl (C=O) groups is 4. The van der Waals surface area contributed by atoms with Gasteiger partial charge in [-0.05, 0) is 49.2 Å². The number of rotatable bonds is 15. The third-order valence-electron chi connectivity index (χ3n) is 7.30. The topological polar surface area (TPSA) is 179 Å². The molecule has 4 aromatic rings. The number of azo groups is 2. The molecule has 2 amide bonds. The summed E-state index contributed by atoms with van der Waals surface area (Å²) in [5.74, 6) is -0.729. The molecule has 0 bridgehead atoms. The van der Waals surface area contributed by atoms with Crippen molar-refractivity contribution in [3.8, 4) is 34.1 Å². The number of hydrogen-bond donors (Lipinski definition) is 2. The average Bonchev–Trinajstić information content (AvgIpc) is 3.12. The van der Waals surface area contributed by atoms with Gasteiger partial charge < -0.3 is 29.6 Å². The van der Waals surface area contributed by atoms with Gasteiger partial charge in [0.25, 0.3) is 11.8 Å². The van der Waals surface area contributed by atoms with Crippen molar-refractivity contribution in [1.82, 2.24) is 0 Å². The van der Waals surface area contributed by atoms with Crippen LogP contribution in [0.25, 0.3) is 11.1 Å². The third-order valence-corrected chi connectivity index (χ3v) is 7.90. The second kappa shape index (κ2) is 17.9. The van der Waals surface area contributed by atoms with E-state index in [0.717, 1.165) is 0 Å². The average molecular weight is 750 g/mol. The van der Waals surface area contributed by atoms with Gasteiger partial charge in [0, 0.05) is 47.8 Å². The second-order valence-corrected chi connectivity index (χ2v) is 11.8. The zero-order valence-electron chi connectivity index (χ0n) is 28.9. The summed E-state index contributed by atoms with van der Waals surface area (Å²) in [5, 5.41) is 21.7. The molecule has 0 fully saturated rings. The van der Waals surface area contributed by atoms with E-state index in [9.17, 15) is 19.2 Å². The molecule has 2 unspecified atom stereocenters. The lowest BCUT2D eigenvalue weighted by molar-refractivity contribution is -0.127. The summed E-state index contributed by atoms with van der Waals surface area (Å²) in [7, 11) is 5.88. The predicted octanol–water partition coefficient (Wildman–Crippen LogP) is 8.05. The number of ketones is 2. The van der Waals surface area contributed by atoms with Crippen molar-refractivity contribution in [2.24, 2.45) is 20.5 Å². The van der Waals surface area contributed by atoms with Crippen LogP contribution in [0.4, 0.5) is 22.7 Å². The minimum absolute atomic E-state index is 0.186. The van der Waals surface area contributed by atoms with Gasteiger partial charge in [-0.1, -0.05) is 35.3 Å². The highest BCUT2D eigenvalue weighted by molar-refractivity contribution is 6.34. The lowest BCUT2D eigenvalue weighted by Crippen LogP contribution is -2.31. The van der Waals surface area contributed by atoms with Crippen molar-refractivity contribution in [3.63, 3.8) is 0 Å². The number of benzene rings is 4. The van der Waals surface area contributed by atoms with Crippen LogP contribution < -0.4 is 29.6 Å². The first-order valence-corrected chi connectivity index (χ1v) is 16.1. The molecule has 4 aromatic carbocycles. The van der Waals surface area contributed by atoms with Crippen molar-refractivity contribution >= 4 is 69.3 Å². The molecular formula is C36H34Cl2N6O8. The van der Waals surface area contributed by atoms with E-state index >= 15 is 0 Å². The first-order valence-electron chi connectivity index (χ1n) is 15.4. The first-order chi connectivity index (χ1) is 24.8. The van der Waals surface area contributed by atoms with Gasteiger partial charge in [-0.15, -0.1) is 0 Å². The Morgan fingerprint density at radius 2 is 0.865 bits per heavy atom. The van der Waals surface area contributed by atoms with Crippen molar-refractivity contribution in [1.29, 1.82) is 0 Å². The van der Waals surface area contributed by atoms with E-state index in [4.69, 9.17) is 42.1 Å². The molecular weight excluding hydrogens is 715 g/mol. The highest BCUT2D eigenvalue weighted by atomic mass is 35.5. The molecule has 0 saturated heterocycles. The van der Waals surface area contributed by atoms with Crippen LogP contribution in [0, 0.1) is 0 Å². The minimum atomic E-state index is -1.45. The number of ether oxygens (including phenoxy) is 4. The first kappa shape index (κ1) is 38.9. The predicted molar refractivity (Wildman–Crippen MR) is 196 cm³/mol. The molecule has 0 heterocycles. The van der Waals surface area contributed by atoms with Crippen LogP contribution in [-0.2, 0) is 19.2 Å². The van der Waals surface area contributed by atoms with Crippen molar-refractivity contribution in [2.45, 2.75) is 25.9 Å². The standard InChI is InChI=1S/C36H34Cl2N6O8/c1-19(45)33(35(47)39-23-13-25(49-3)17-26(14-23)50-4)43-41-31-9-7-21(11-29(31)37)22-8-10-32(30(38)12-22)42-44-34(20(2)46)36(48)40-24-15-27(51-5)18-28(16-24)52-6/h7-18,33-34H,1-6H3,(H,39,47)(H,40,48). The van der Waals surface area contributed by atoms with Crippen molar-refractivity contribution in [2.75, 3.05) is 39.1 Å². The number of hydrogen-bond acceptors (Lipinski definition) is 12. The Morgan fingerprint density at radius 3 is 1.13 bits per heavy atom. The van der Waals surface area contributed by atoms with Crippen LogP contribution in [0.15, 0.2) is 93.3 Å². The van der Waals surface area contributed by atoms with Crippen molar-refractivity contribution < 1.29 is 38.1 Å². The van der Waals surface area contributed by atoms with Gasteiger partial charge in [-0.25, -0.2) is 0 Å². The largest absolute Gasteiger partial charge is 0.497 e. The van der Waals surface area contributed by atoms with E-state index in [-0.39, 0.29) is 21.4 Å². The van der Waals surface area contributed by atoms with E-state index in [1.807, 2.05) is 0 Å². The third kappa shape index (κ3) is 10.1. The van der Waals surface area contributed by atoms with Crippen LogP contribution in [0.1, 0.15) is 13.8 Å². The Kier molecular flexibility index (Phi) is 13.4. The van der Waals surface area contributed by atoms with Gasteiger partial charge >= 0.3 is 0 Å². The zero-order valence-corrected chi connectivity index (χ0v) is 30.4. The number of Topliss-reactive ketones (excluding diaryl/α,β-unsaturated/α-hetero) is 2. The molecule has 0 aliphatic rings. The molecule has 270 valence electrons. The normalized spacial score (nSPS) is 12.2. The van der Waals surface area contributed by atoms with Gasteiger partial charge in [0.15, 0.2) is 11.6 Å². The second-order valence-electron chi connectivity index (χ2n) is 11.0. The fraction of sp³-hybridized carbons (Fsp3) is 0.222. The maximum absolute atomic E-state index is 13.0. The number of methoxy groups -OCH3 is 4. The molecule has 0 radical (unpaired) electrons. The number of anilines is 2. The van der Waals surface area contributed by atoms with E-state index in [2.05, 4.69) is 31.1 Å². The number of amides is 2. The van der Waals surface area contributed by atoms with Gasteiger partial charge in [0.05, 0.1) is 38.5 Å². The Balaban J connectivity index is 1.47. The van der Waals surface area contributed by atoms with Crippen LogP contribution in [0.2, 0.25) is 10.0 Å². The lowest BCUT2D eigenvalue weighted by Gasteiger charge is -2.12. The molecule has 2 atom stereocenters. The summed E-state index contributed by atoms with van der Waals surface area (Å²) in [6.45, 7) is 2.45. The molecule has 14 nitrogen and oxygen atoms in total. The Morgan fingerprint density at radius 1 is 0.538 bits per heavy atom. The maximum atomic E-state index is 13.0. The fourth-order valence-corrected chi connectivity index (χ4v) is 5.03. The summed E-state index contributed by atoms with van der Waals surface area (Å²) in [6, 6.07) is 16.4. The smallest absolute Gasteiger partial charge is 0.258 e. The molecule has 2 N–H and O–H groups in total. The molecule has 0 spiro atoms. The maximum Gasteiger partial charge on any atom is 0.258 e. The number of carbonyl (C=O) groups excluding carboxylic acids is 4. The Bertz CT molecular complexity index is 1870. The van der Waals surface area contributed by atoms with Gasteiger partial charge in [-0.2, -0.15) is 20.5 Å². The van der Waals surface area contributed by atoms with Gasteiger partial charge in [0.1, 0.15) is 34.4 Å². The number of halogens is 2. The lowest BCUT2D eigenvalue weighted by atomic mass is 10.0. The van der Waals surface area contributed by atoms with Gasteiger partial charge in [-0.3, -0.25) is 19.2 Å². The molecule has 16 heteroatoms. The SMILES string of the molecule is COc1cc(NC(=O)C(N=Nc2ccc(-c3ccc(N=NC(C(C)=O)C(=O)Nc4cc(OC)cc(OC)c4)c(Cl)c3)cc2Cl)C(C)=O)cc(OC)c1. The molecule has 0 aliphatic heterocycles. The summed E-state index contributed by atoms with van der Waals surface area (Å²) < 4.78 is 20.9. The molecule has 0 aromatic heterocycles. The number of nitrogens with one attached hydrogen (secondary N) is 2. The van der Waals surface area contributed by atoms with Crippen molar-refractivity contribution in [3.05, 3.63) is 82.8 Å². The van der Waals surface area contributed by atoms with Crippen LogP contribution in [-0.4, -0.2) is 63.9 Å². The molecule has 52 heavy (non-hydrogen) atoms. The molecule has 0 saturated carbocycles. The Labute approximate surface area is 309 Å². The fourth-order valence-electron chi connectivity index (χ4n) is 4.59.